The van der Waals surface area contributed by atoms with Gasteiger partial charge in [-0.05, 0) is 104 Å². The lowest BCUT2D eigenvalue weighted by Gasteiger charge is -2.25. The lowest BCUT2D eigenvalue weighted by atomic mass is 10.1. The Labute approximate surface area is 444 Å². The van der Waals surface area contributed by atoms with Gasteiger partial charge in [-0.1, -0.05) is 142 Å². The Morgan fingerprint density at radius 3 is 0.697 bits per heavy atom. The molecule has 66 heavy (non-hydrogen) atoms. The second-order valence-corrected chi connectivity index (χ2v) is 21.4. The molecule has 0 aliphatic heterocycles. The molecule has 0 aromatic carbocycles. The van der Waals surface area contributed by atoms with Gasteiger partial charge < -0.3 is 50.8 Å². The van der Waals surface area contributed by atoms with E-state index >= 15 is 0 Å². The van der Waals surface area contributed by atoms with Crippen molar-refractivity contribution in [3.05, 3.63) is 0 Å². The summed E-state index contributed by atoms with van der Waals surface area (Å²) < 4.78 is 52.1. The van der Waals surface area contributed by atoms with E-state index in [4.69, 9.17) is 41.0 Å². The zero-order chi connectivity index (χ0) is 44.1. The van der Waals surface area contributed by atoms with Crippen molar-refractivity contribution < 1.29 is 27.2 Å². The van der Waals surface area contributed by atoms with Crippen LogP contribution in [0.25, 0.3) is 0 Å². The summed E-state index contributed by atoms with van der Waals surface area (Å²) in [5.74, 6) is 0. The molecule has 0 radical (unpaired) electrons. The first-order valence-electron chi connectivity index (χ1n) is 25.3. The summed E-state index contributed by atoms with van der Waals surface area (Å²) in [5.41, 5.74) is 23.1. The van der Waals surface area contributed by atoms with Crippen LogP contribution in [0.15, 0.2) is 0 Å². The lowest BCUT2D eigenvalue weighted by molar-refractivity contribution is 0.190. The molecule has 410 valence electrons. The molecule has 0 aliphatic carbocycles. The van der Waals surface area contributed by atoms with Gasteiger partial charge >= 0.3 is 15.2 Å². The third kappa shape index (κ3) is 55.1. The average Bonchev–Trinajstić information content (AvgIpc) is 3.25. The van der Waals surface area contributed by atoms with Crippen LogP contribution >= 0.6 is 89.6 Å². The van der Waals surface area contributed by atoms with Crippen LogP contribution in [-0.4, -0.2) is 114 Å². The van der Waals surface area contributed by atoms with Crippen molar-refractivity contribution in [3.8, 4) is 0 Å². The van der Waals surface area contributed by atoms with Gasteiger partial charge in [0.2, 0.25) is 0 Å². The minimum Gasteiger partial charge on any atom is -0.330 e. The highest BCUT2D eigenvalue weighted by Crippen LogP contribution is 2.49. The first kappa shape index (κ1) is 81.8. The molecule has 0 rings (SSSR count). The normalized spacial score (nSPS) is 12.8. The van der Waals surface area contributed by atoms with E-state index in [-0.39, 0.29) is 74.4 Å². The molecule has 0 fully saturated rings. The zero-order valence-corrected chi connectivity index (χ0v) is 48.8. The molecule has 0 aromatic rings. The molecule has 2 atom stereocenters. The Balaban J connectivity index is -0.00000116. The highest BCUT2D eigenvalue weighted by Gasteiger charge is 2.27. The first-order valence-corrected chi connectivity index (χ1v) is 28.8. The van der Waals surface area contributed by atoms with Crippen molar-refractivity contribution in [3.63, 3.8) is 0 Å². The molecule has 0 spiro atoms. The smallest absolute Gasteiger partial charge is 0.330 e. The van der Waals surface area contributed by atoms with Gasteiger partial charge in [0.1, 0.15) is 0 Å². The van der Waals surface area contributed by atoms with Crippen molar-refractivity contribution in [2.24, 2.45) is 22.9 Å². The Kier molecular flexibility index (Phi) is 78.0. The number of hydrogen-bond donors (Lipinski definition) is 4. The molecule has 8 N–H and O–H groups in total. The van der Waals surface area contributed by atoms with E-state index in [0.717, 1.165) is 129 Å². The SMILES string of the molecule is CCCCCCCCCCOP(=O)(CCN(CCCN)CCCN)OCCCCCCCCCCOP(=O)(CCN(CCCN)CCCN)OCCCCCCCCCC.Cl.Cl.Cl.Cl.Cl.Cl. The summed E-state index contributed by atoms with van der Waals surface area (Å²) in [6.45, 7) is 13.8. The molecule has 0 saturated heterocycles. The predicted octanol–water partition coefficient (Wildman–Crippen LogP) is 13.4. The standard InChI is InChI=1S/C46H102N6O6P2.6ClH/c1-3-5-7-9-11-15-19-23-41-55-59(53,45-39-51(35-27-31-47)36-28-32-48)57-43-25-21-17-13-14-18-22-26-44-58-60(54,46-40-52(37-29-33-49)38-30-34-50)56-42-24-20-16-12-10-8-6-4-2;;;;;;/h3-50H2,1-2H3;6*1H. The van der Waals surface area contributed by atoms with Crippen LogP contribution in [0.1, 0.15) is 194 Å². The fraction of sp³-hybridized carbons (Fsp3) is 1.00. The Morgan fingerprint density at radius 1 is 0.303 bits per heavy atom. The number of hydrogen-bond acceptors (Lipinski definition) is 12. The molecule has 0 saturated carbocycles. The van der Waals surface area contributed by atoms with E-state index in [1.54, 1.807) is 0 Å². The molecular weight excluding hydrogens is 1010 g/mol. The van der Waals surface area contributed by atoms with Gasteiger partial charge in [0.15, 0.2) is 0 Å². The van der Waals surface area contributed by atoms with Crippen molar-refractivity contribution in [1.29, 1.82) is 0 Å². The molecule has 12 nitrogen and oxygen atoms in total. The van der Waals surface area contributed by atoms with Crippen LogP contribution in [-0.2, 0) is 27.2 Å². The van der Waals surface area contributed by atoms with Gasteiger partial charge in [0.25, 0.3) is 0 Å². The summed E-state index contributed by atoms with van der Waals surface area (Å²) in [7, 11) is -6.38. The van der Waals surface area contributed by atoms with Crippen molar-refractivity contribution in [1.82, 2.24) is 9.80 Å². The van der Waals surface area contributed by atoms with Gasteiger partial charge in [-0.3, -0.25) is 9.13 Å². The van der Waals surface area contributed by atoms with Gasteiger partial charge in [-0.15, -0.1) is 74.4 Å². The fourth-order valence-electron chi connectivity index (χ4n) is 7.34. The maximum Gasteiger partial charge on any atom is 0.331 e. The molecule has 0 heterocycles. The van der Waals surface area contributed by atoms with Gasteiger partial charge in [-0.2, -0.15) is 0 Å². The van der Waals surface area contributed by atoms with E-state index < -0.39 is 15.2 Å². The molecular formula is C46H108Cl6N6O6P2. The van der Waals surface area contributed by atoms with Crippen LogP contribution in [0.5, 0.6) is 0 Å². The quantitative estimate of drug-likeness (QED) is 0.0335. The van der Waals surface area contributed by atoms with Crippen LogP contribution in [0.3, 0.4) is 0 Å². The molecule has 20 heteroatoms. The number of halogens is 6. The van der Waals surface area contributed by atoms with Gasteiger partial charge in [0.05, 0.1) is 38.8 Å². The molecule has 2 unspecified atom stereocenters. The molecule has 0 amide bonds. The average molecular weight is 1120 g/mol. The van der Waals surface area contributed by atoms with Crippen LogP contribution < -0.4 is 22.9 Å². The summed E-state index contributed by atoms with van der Waals surface area (Å²) in [6, 6.07) is 0. The third-order valence-corrected chi connectivity index (χ3v) is 15.1. The monoisotopic (exact) mass is 1110 g/mol. The Morgan fingerprint density at radius 2 is 0.500 bits per heavy atom. The maximum absolute atomic E-state index is 13.9. The largest absolute Gasteiger partial charge is 0.331 e. The highest BCUT2D eigenvalue weighted by atomic mass is 35.5. The summed E-state index contributed by atoms with van der Waals surface area (Å²) in [4.78, 5) is 4.61. The first-order chi connectivity index (χ1) is 29.3. The van der Waals surface area contributed by atoms with E-state index in [1.165, 1.54) is 77.0 Å². The molecule has 0 aliphatic rings. The lowest BCUT2D eigenvalue weighted by Crippen LogP contribution is -2.31. The van der Waals surface area contributed by atoms with Crippen LogP contribution in [0.4, 0.5) is 0 Å². The minimum absolute atomic E-state index is 0. The van der Waals surface area contributed by atoms with Crippen LogP contribution in [0, 0.1) is 0 Å². The topological polar surface area (TPSA) is 182 Å². The number of nitrogens with two attached hydrogens (primary N) is 4. The Bertz CT molecular complexity index is 913. The summed E-state index contributed by atoms with van der Waals surface area (Å²) >= 11 is 0. The maximum atomic E-state index is 13.9. The van der Waals surface area contributed by atoms with Crippen molar-refractivity contribution >= 4 is 89.6 Å². The third-order valence-electron chi connectivity index (χ3n) is 11.3. The van der Waals surface area contributed by atoms with E-state index in [2.05, 4.69) is 23.6 Å². The summed E-state index contributed by atoms with van der Waals surface area (Å²) in [5, 5.41) is 0. The number of rotatable bonds is 51. The summed E-state index contributed by atoms with van der Waals surface area (Å²) in [6.07, 6.45) is 32.3. The predicted molar refractivity (Wildman–Crippen MR) is 302 cm³/mol. The number of nitrogens with zero attached hydrogens (tertiary/aromatic N) is 2. The zero-order valence-electron chi connectivity index (χ0n) is 42.1. The Hall–Kier alpha value is 1.80. The fourth-order valence-corrected chi connectivity index (χ4v) is 10.7. The van der Waals surface area contributed by atoms with E-state index in [0.29, 0.717) is 78.0 Å². The van der Waals surface area contributed by atoms with E-state index in [1.807, 2.05) is 0 Å². The van der Waals surface area contributed by atoms with Gasteiger partial charge in [-0.25, -0.2) is 0 Å². The molecule has 0 bridgehead atoms. The second-order valence-electron chi connectivity index (χ2n) is 17.0. The van der Waals surface area contributed by atoms with E-state index in [9.17, 15) is 9.13 Å². The minimum atomic E-state index is -3.19. The highest BCUT2D eigenvalue weighted by molar-refractivity contribution is 7.54. The second kappa shape index (κ2) is 62.9. The van der Waals surface area contributed by atoms with Crippen molar-refractivity contribution in [2.45, 2.75) is 194 Å². The number of unbranched alkanes of at least 4 members (excludes halogenated alkanes) is 21. The van der Waals surface area contributed by atoms with Gasteiger partial charge in [0, 0.05) is 13.1 Å². The van der Waals surface area contributed by atoms with Crippen molar-refractivity contribution in [2.75, 3.05) is 104 Å². The van der Waals surface area contributed by atoms with Crippen LogP contribution in [0.2, 0.25) is 0 Å². The molecule has 0 aromatic heterocycles.